The molecule has 0 bridgehead atoms. The molecule has 9 heteroatoms. The average Bonchev–Trinajstić information content (AvgIpc) is 3.44. The van der Waals surface area contributed by atoms with E-state index in [0.717, 1.165) is 39.7 Å². The van der Waals surface area contributed by atoms with Crippen LogP contribution in [0.25, 0.3) is 10.2 Å². The lowest BCUT2D eigenvalue weighted by Gasteiger charge is -2.38. The third-order valence-electron chi connectivity index (χ3n) is 6.08. The molecule has 2 aromatic heterocycles. The second-order valence-electron chi connectivity index (χ2n) is 8.20. The maximum Gasteiger partial charge on any atom is 0.313 e. The minimum atomic E-state index is -0.672. The summed E-state index contributed by atoms with van der Waals surface area (Å²) >= 11 is 1.59. The molecular weight excluding hydrogens is 414 g/mol. The van der Waals surface area contributed by atoms with Gasteiger partial charge in [0.2, 0.25) is 0 Å². The minimum Gasteiger partial charge on any atom is -0.383 e. The van der Waals surface area contributed by atoms with Crippen molar-refractivity contribution in [3.63, 3.8) is 0 Å². The fourth-order valence-corrected chi connectivity index (χ4v) is 5.07. The Bertz CT molecular complexity index is 1180. The van der Waals surface area contributed by atoms with Gasteiger partial charge in [-0.05, 0) is 36.5 Å². The highest BCUT2D eigenvalue weighted by Gasteiger charge is 2.35. The molecule has 0 saturated carbocycles. The Morgan fingerprint density at radius 3 is 2.94 bits per heavy atom. The van der Waals surface area contributed by atoms with Gasteiger partial charge in [0.05, 0.1) is 46.9 Å². The smallest absolute Gasteiger partial charge is 0.313 e. The molecule has 8 nitrogen and oxygen atoms in total. The van der Waals surface area contributed by atoms with Gasteiger partial charge in [0, 0.05) is 17.7 Å². The molecule has 4 heterocycles. The number of likely N-dealkylation sites (tertiary alicyclic amines) is 1. The molecule has 2 atom stereocenters. The zero-order valence-corrected chi connectivity index (χ0v) is 17.9. The van der Waals surface area contributed by atoms with Crippen LogP contribution in [0, 0.1) is 5.92 Å². The molecule has 1 aromatic carbocycles. The third kappa shape index (κ3) is 3.64. The van der Waals surface area contributed by atoms with Gasteiger partial charge < -0.3 is 20.7 Å². The van der Waals surface area contributed by atoms with E-state index in [-0.39, 0.29) is 6.04 Å². The van der Waals surface area contributed by atoms with E-state index in [1.807, 2.05) is 23.7 Å². The first kappa shape index (κ1) is 19.9. The third-order valence-corrected chi connectivity index (χ3v) is 6.89. The zero-order chi connectivity index (χ0) is 21.5. The molecule has 3 N–H and O–H groups in total. The zero-order valence-electron chi connectivity index (χ0n) is 17.1. The number of fused-ring (bicyclic) bond motifs is 2. The standard InChI is InChI=1S/C22H23N5O3S/c1-12-2-4-18(13-3-5-19-16(6-13)25-11-31-19)27(8-12)22(29)21(28)26-17-7-24-20(23)15-10-30-9-14(15)17/h3,5-7,11-12,18H,2,4,8-10H2,1H3,(H2,23,24)(H,26,28). The van der Waals surface area contributed by atoms with E-state index in [4.69, 9.17) is 10.5 Å². The number of hydrogen-bond acceptors (Lipinski definition) is 7. The average molecular weight is 438 g/mol. The number of pyridine rings is 1. The van der Waals surface area contributed by atoms with Crippen molar-refractivity contribution in [2.75, 3.05) is 17.6 Å². The normalized spacial score (nSPS) is 20.6. The number of nitrogen functional groups attached to an aromatic ring is 1. The lowest BCUT2D eigenvalue weighted by atomic mass is 9.89. The summed E-state index contributed by atoms with van der Waals surface area (Å²) in [6.45, 7) is 3.33. The van der Waals surface area contributed by atoms with Crippen molar-refractivity contribution >= 4 is 44.9 Å². The van der Waals surface area contributed by atoms with Gasteiger partial charge in [0.15, 0.2) is 0 Å². The van der Waals surface area contributed by atoms with Gasteiger partial charge in [-0.2, -0.15) is 0 Å². The minimum absolute atomic E-state index is 0.154. The van der Waals surface area contributed by atoms with E-state index in [9.17, 15) is 9.59 Å². The highest BCUT2D eigenvalue weighted by Crippen LogP contribution is 2.35. The molecule has 2 aliphatic rings. The summed E-state index contributed by atoms with van der Waals surface area (Å²) in [5.41, 5.74) is 11.7. The van der Waals surface area contributed by atoms with Crippen LogP contribution in [0.3, 0.4) is 0 Å². The predicted octanol–water partition coefficient (Wildman–Crippen LogP) is 3.24. The number of carbonyl (C=O) groups excluding carboxylic acids is 2. The number of rotatable bonds is 2. The molecule has 3 aromatic rings. The van der Waals surface area contributed by atoms with E-state index in [1.54, 1.807) is 16.2 Å². The molecular formula is C22H23N5O3S. The Morgan fingerprint density at radius 1 is 1.23 bits per heavy atom. The number of nitrogens with two attached hydrogens (primary N) is 1. The Balaban J connectivity index is 1.40. The maximum atomic E-state index is 13.2. The van der Waals surface area contributed by atoms with E-state index >= 15 is 0 Å². The summed E-state index contributed by atoms with van der Waals surface area (Å²) in [7, 11) is 0. The summed E-state index contributed by atoms with van der Waals surface area (Å²) < 4.78 is 6.55. The van der Waals surface area contributed by atoms with E-state index in [0.29, 0.717) is 37.2 Å². The molecule has 0 aliphatic carbocycles. The number of ether oxygens (including phenoxy) is 1. The van der Waals surface area contributed by atoms with Crippen LogP contribution in [0.4, 0.5) is 11.5 Å². The van der Waals surface area contributed by atoms with Crippen LogP contribution in [0.1, 0.15) is 42.5 Å². The van der Waals surface area contributed by atoms with Gasteiger partial charge >= 0.3 is 11.8 Å². The number of benzene rings is 1. The quantitative estimate of drug-likeness (QED) is 0.596. The Hall–Kier alpha value is -3.04. The van der Waals surface area contributed by atoms with Gasteiger partial charge in [0.25, 0.3) is 0 Å². The Morgan fingerprint density at radius 2 is 2.06 bits per heavy atom. The van der Waals surface area contributed by atoms with Gasteiger partial charge in [0.1, 0.15) is 5.82 Å². The van der Waals surface area contributed by atoms with Crippen LogP contribution in [-0.4, -0.2) is 33.2 Å². The number of nitrogens with one attached hydrogen (secondary N) is 1. The van der Waals surface area contributed by atoms with Crippen LogP contribution in [0.5, 0.6) is 0 Å². The summed E-state index contributed by atoms with van der Waals surface area (Å²) in [6, 6.07) is 5.94. The SMILES string of the molecule is CC1CCC(c2ccc3scnc3c2)N(C(=O)C(=O)Nc2cnc(N)c3c2COC3)C1. The lowest BCUT2D eigenvalue weighted by molar-refractivity contribution is -0.146. The van der Waals surface area contributed by atoms with Gasteiger partial charge in [-0.1, -0.05) is 13.0 Å². The van der Waals surface area contributed by atoms with E-state index < -0.39 is 11.8 Å². The molecule has 0 radical (unpaired) electrons. The van der Waals surface area contributed by atoms with Crippen LogP contribution in [-0.2, 0) is 27.5 Å². The molecule has 1 saturated heterocycles. The largest absolute Gasteiger partial charge is 0.383 e. The van der Waals surface area contributed by atoms with Crippen molar-refractivity contribution in [3.05, 3.63) is 46.6 Å². The van der Waals surface area contributed by atoms with Crippen LogP contribution in [0.2, 0.25) is 0 Å². The molecule has 160 valence electrons. The summed E-state index contributed by atoms with van der Waals surface area (Å²) in [5, 5.41) is 2.74. The van der Waals surface area contributed by atoms with Crippen LogP contribution >= 0.6 is 11.3 Å². The van der Waals surface area contributed by atoms with Crippen molar-refractivity contribution in [2.45, 2.75) is 39.0 Å². The van der Waals surface area contributed by atoms with Gasteiger partial charge in [-0.15, -0.1) is 11.3 Å². The number of thiazole rings is 1. The number of carbonyl (C=O) groups is 2. The number of aromatic nitrogens is 2. The molecule has 2 aliphatic heterocycles. The fourth-order valence-electron chi connectivity index (χ4n) is 4.41. The van der Waals surface area contributed by atoms with Crippen molar-refractivity contribution in [3.8, 4) is 0 Å². The number of amides is 2. The van der Waals surface area contributed by atoms with Crippen molar-refractivity contribution < 1.29 is 14.3 Å². The number of hydrogen-bond donors (Lipinski definition) is 2. The van der Waals surface area contributed by atoms with Crippen molar-refractivity contribution in [1.29, 1.82) is 0 Å². The molecule has 2 unspecified atom stereocenters. The summed E-state index contributed by atoms with van der Waals surface area (Å²) in [4.78, 5) is 36.4. The molecule has 2 amide bonds. The number of piperidine rings is 1. The predicted molar refractivity (Wildman–Crippen MR) is 118 cm³/mol. The summed E-state index contributed by atoms with van der Waals surface area (Å²) in [6.07, 6.45) is 3.29. The highest BCUT2D eigenvalue weighted by molar-refractivity contribution is 7.16. The van der Waals surface area contributed by atoms with Gasteiger partial charge in [-0.25, -0.2) is 9.97 Å². The molecule has 5 rings (SSSR count). The van der Waals surface area contributed by atoms with E-state index in [1.165, 1.54) is 6.20 Å². The van der Waals surface area contributed by atoms with Crippen LogP contribution in [0.15, 0.2) is 29.9 Å². The van der Waals surface area contributed by atoms with Gasteiger partial charge in [-0.3, -0.25) is 9.59 Å². The Kier molecular flexibility index (Phi) is 5.07. The first-order chi connectivity index (χ1) is 15.0. The summed E-state index contributed by atoms with van der Waals surface area (Å²) in [5.74, 6) is -0.500. The first-order valence-corrected chi connectivity index (χ1v) is 11.2. The lowest BCUT2D eigenvalue weighted by Crippen LogP contribution is -2.46. The molecule has 0 spiro atoms. The van der Waals surface area contributed by atoms with E-state index in [2.05, 4.69) is 22.2 Å². The first-order valence-electron chi connectivity index (χ1n) is 10.3. The maximum absolute atomic E-state index is 13.2. The number of nitrogens with zero attached hydrogens (tertiary/aromatic N) is 3. The topological polar surface area (TPSA) is 110 Å². The molecule has 31 heavy (non-hydrogen) atoms. The fraction of sp³-hybridized carbons (Fsp3) is 0.364. The second-order valence-corrected chi connectivity index (χ2v) is 9.08. The van der Waals surface area contributed by atoms with Crippen LogP contribution < -0.4 is 11.1 Å². The number of anilines is 2. The monoisotopic (exact) mass is 437 g/mol. The second kappa shape index (κ2) is 7.90. The van der Waals surface area contributed by atoms with Crippen molar-refractivity contribution in [1.82, 2.24) is 14.9 Å². The molecule has 1 fully saturated rings. The van der Waals surface area contributed by atoms with Crippen molar-refractivity contribution in [2.24, 2.45) is 5.92 Å². The highest BCUT2D eigenvalue weighted by atomic mass is 32.1. The Labute approximate surface area is 183 Å².